The second-order valence-electron chi connectivity index (χ2n) is 5.75. The van der Waals surface area contributed by atoms with E-state index in [4.69, 9.17) is 9.47 Å². The Bertz CT molecular complexity index is 719. The maximum absolute atomic E-state index is 12.7. The third-order valence-electron chi connectivity index (χ3n) is 4.16. The highest BCUT2D eigenvalue weighted by Crippen LogP contribution is 2.30. The van der Waals surface area contributed by atoms with E-state index in [1.54, 1.807) is 37.3 Å². The average molecular weight is 357 g/mol. The van der Waals surface area contributed by atoms with Gasteiger partial charge in [0.05, 0.1) is 6.61 Å². The van der Waals surface area contributed by atoms with E-state index < -0.39 is 17.6 Å². The highest BCUT2D eigenvalue weighted by molar-refractivity contribution is 5.86. The van der Waals surface area contributed by atoms with Crippen LogP contribution in [0.3, 0.4) is 0 Å². The Balaban J connectivity index is 2.34. The van der Waals surface area contributed by atoms with Crippen molar-refractivity contribution >= 4 is 12.1 Å². The van der Waals surface area contributed by atoms with E-state index in [1.807, 2.05) is 30.3 Å². The van der Waals surface area contributed by atoms with E-state index in [2.05, 4.69) is 0 Å². The van der Waals surface area contributed by atoms with Gasteiger partial charge in [-0.3, -0.25) is 4.90 Å². The molecule has 26 heavy (non-hydrogen) atoms. The number of carboxylic acids is 1. The first kappa shape index (κ1) is 19.5. The molecule has 6 nitrogen and oxygen atoms in total. The molecule has 0 fully saturated rings. The van der Waals surface area contributed by atoms with Crippen LogP contribution in [0.2, 0.25) is 0 Å². The van der Waals surface area contributed by atoms with E-state index in [0.717, 1.165) is 5.56 Å². The van der Waals surface area contributed by atoms with E-state index in [1.165, 1.54) is 12.0 Å². The second-order valence-corrected chi connectivity index (χ2v) is 5.75. The van der Waals surface area contributed by atoms with Crippen molar-refractivity contribution in [2.24, 2.45) is 0 Å². The molecule has 0 aliphatic heterocycles. The van der Waals surface area contributed by atoms with Crippen LogP contribution in [0.1, 0.15) is 18.1 Å². The van der Waals surface area contributed by atoms with Crippen LogP contribution in [0.15, 0.2) is 60.7 Å². The zero-order valence-corrected chi connectivity index (χ0v) is 14.9. The summed E-state index contributed by atoms with van der Waals surface area (Å²) in [5, 5.41) is 10.0. The molecule has 0 aliphatic rings. The number of nitrogens with zero attached hydrogens (tertiary/aromatic N) is 1. The monoisotopic (exact) mass is 357 g/mol. The number of carbonyl (C=O) groups is 2. The molecule has 0 aliphatic carbocycles. The summed E-state index contributed by atoms with van der Waals surface area (Å²) in [5.41, 5.74) is -0.393. The molecule has 0 heterocycles. The van der Waals surface area contributed by atoms with E-state index in [-0.39, 0.29) is 19.8 Å². The van der Waals surface area contributed by atoms with Crippen molar-refractivity contribution in [3.05, 3.63) is 71.8 Å². The van der Waals surface area contributed by atoms with E-state index in [0.29, 0.717) is 5.56 Å². The summed E-state index contributed by atoms with van der Waals surface area (Å²) in [6, 6.07) is 17.8. The first-order valence-electron chi connectivity index (χ1n) is 8.32. The van der Waals surface area contributed by atoms with Gasteiger partial charge in [0.1, 0.15) is 6.61 Å². The number of likely N-dealkylation sites (N-methyl/N-ethyl adjacent to an activating group) is 1. The molecule has 1 unspecified atom stereocenters. The smallest absolute Gasteiger partial charge is 0.411 e. The minimum absolute atomic E-state index is 0.0631. The van der Waals surface area contributed by atoms with Crippen molar-refractivity contribution in [2.45, 2.75) is 19.1 Å². The van der Waals surface area contributed by atoms with Crippen LogP contribution in [0.4, 0.5) is 4.79 Å². The average Bonchev–Trinajstić information content (AvgIpc) is 2.67. The first-order valence-corrected chi connectivity index (χ1v) is 8.32. The molecular weight excluding hydrogens is 334 g/mol. The van der Waals surface area contributed by atoms with Crippen LogP contribution in [0, 0.1) is 0 Å². The van der Waals surface area contributed by atoms with Gasteiger partial charge in [-0.2, -0.15) is 0 Å². The number of benzene rings is 2. The standard InChI is InChI=1S/C20H23NO5/c1-3-21(19(24)26-14-16-10-6-4-7-11-16)20(15-25-2,18(22)23)17-12-8-5-9-13-17/h4-13H,3,14-15H2,1-2H3,(H,22,23). The van der Waals surface area contributed by atoms with Crippen molar-refractivity contribution in [1.82, 2.24) is 4.90 Å². The maximum Gasteiger partial charge on any atom is 0.411 e. The Hall–Kier alpha value is -2.86. The summed E-state index contributed by atoms with van der Waals surface area (Å²) in [4.78, 5) is 26.2. The minimum Gasteiger partial charge on any atom is -0.479 e. The number of hydrogen-bond acceptors (Lipinski definition) is 4. The number of hydrogen-bond donors (Lipinski definition) is 1. The molecule has 0 saturated carbocycles. The maximum atomic E-state index is 12.7. The number of aliphatic carboxylic acids is 1. The highest BCUT2D eigenvalue weighted by Gasteiger charge is 2.48. The first-order chi connectivity index (χ1) is 12.6. The molecule has 1 amide bonds. The minimum atomic E-state index is -1.67. The molecule has 1 N–H and O–H groups in total. The third kappa shape index (κ3) is 4.03. The lowest BCUT2D eigenvalue weighted by Crippen LogP contribution is -2.57. The Morgan fingerprint density at radius 3 is 2.12 bits per heavy atom. The van der Waals surface area contributed by atoms with Gasteiger partial charge in [0.15, 0.2) is 5.54 Å². The van der Waals surface area contributed by atoms with Crippen molar-refractivity contribution in [3.8, 4) is 0 Å². The van der Waals surface area contributed by atoms with Crippen molar-refractivity contribution in [2.75, 3.05) is 20.3 Å². The summed E-state index contributed by atoms with van der Waals surface area (Å²) >= 11 is 0. The molecule has 2 aromatic rings. The van der Waals surface area contributed by atoms with Crippen LogP contribution >= 0.6 is 0 Å². The summed E-state index contributed by atoms with van der Waals surface area (Å²) in [5.74, 6) is -1.18. The van der Waals surface area contributed by atoms with Gasteiger partial charge >= 0.3 is 12.1 Å². The Morgan fingerprint density at radius 1 is 1.04 bits per heavy atom. The van der Waals surface area contributed by atoms with Crippen LogP contribution in [-0.4, -0.2) is 42.3 Å². The molecule has 0 saturated heterocycles. The van der Waals surface area contributed by atoms with Crippen LogP contribution in [0.5, 0.6) is 0 Å². The second kappa shape index (κ2) is 9.01. The van der Waals surface area contributed by atoms with Crippen LogP contribution in [0.25, 0.3) is 0 Å². The quantitative estimate of drug-likeness (QED) is 0.785. The fraction of sp³-hybridized carbons (Fsp3) is 0.300. The zero-order valence-electron chi connectivity index (χ0n) is 14.9. The molecule has 0 aromatic heterocycles. The molecule has 0 bridgehead atoms. The van der Waals surface area contributed by atoms with Crippen molar-refractivity contribution in [1.29, 1.82) is 0 Å². The third-order valence-corrected chi connectivity index (χ3v) is 4.16. The molecule has 2 aromatic carbocycles. The summed E-state index contributed by atoms with van der Waals surface area (Å²) in [6.07, 6.45) is -0.709. The molecule has 0 radical (unpaired) electrons. The molecule has 6 heteroatoms. The van der Waals surface area contributed by atoms with Gasteiger partial charge in [-0.05, 0) is 18.1 Å². The molecular formula is C20H23NO5. The van der Waals surface area contributed by atoms with Gasteiger partial charge < -0.3 is 14.6 Å². The Morgan fingerprint density at radius 2 is 1.62 bits per heavy atom. The SMILES string of the molecule is CCN(C(=O)OCc1ccccc1)C(COC)(C(=O)O)c1ccccc1. The zero-order chi connectivity index (χ0) is 19.0. The van der Waals surface area contributed by atoms with Gasteiger partial charge in [0.2, 0.25) is 0 Å². The van der Waals surface area contributed by atoms with Gasteiger partial charge in [-0.25, -0.2) is 9.59 Å². The lowest BCUT2D eigenvalue weighted by atomic mass is 9.88. The number of methoxy groups -OCH3 is 1. The lowest BCUT2D eigenvalue weighted by Gasteiger charge is -2.39. The summed E-state index contributed by atoms with van der Waals surface area (Å²) in [7, 11) is 1.41. The van der Waals surface area contributed by atoms with E-state index in [9.17, 15) is 14.7 Å². The molecule has 2 rings (SSSR count). The number of carboxylic acid groups (broad SMARTS) is 1. The van der Waals surface area contributed by atoms with Gasteiger partial charge in [-0.15, -0.1) is 0 Å². The predicted octanol–water partition coefficient (Wildman–Crippen LogP) is 3.27. The van der Waals surface area contributed by atoms with Gasteiger partial charge in [0.25, 0.3) is 0 Å². The molecule has 0 spiro atoms. The summed E-state index contributed by atoms with van der Waals surface area (Å²) in [6.45, 7) is 1.73. The normalized spacial score (nSPS) is 12.8. The van der Waals surface area contributed by atoms with Gasteiger partial charge in [0, 0.05) is 13.7 Å². The lowest BCUT2D eigenvalue weighted by molar-refractivity contribution is -0.155. The molecule has 1 atom stereocenters. The van der Waals surface area contributed by atoms with E-state index >= 15 is 0 Å². The number of rotatable bonds is 8. The largest absolute Gasteiger partial charge is 0.479 e. The number of ether oxygens (including phenoxy) is 2. The van der Waals surface area contributed by atoms with Crippen molar-refractivity contribution in [3.63, 3.8) is 0 Å². The molecule has 138 valence electrons. The Labute approximate surface area is 153 Å². The fourth-order valence-corrected chi connectivity index (χ4v) is 2.89. The summed E-state index contributed by atoms with van der Waals surface area (Å²) < 4.78 is 10.6. The topological polar surface area (TPSA) is 76.1 Å². The fourth-order valence-electron chi connectivity index (χ4n) is 2.89. The Kier molecular flexibility index (Phi) is 6.74. The van der Waals surface area contributed by atoms with Gasteiger partial charge in [-0.1, -0.05) is 60.7 Å². The number of amides is 1. The highest BCUT2D eigenvalue weighted by atomic mass is 16.6. The van der Waals surface area contributed by atoms with Crippen LogP contribution < -0.4 is 0 Å². The van der Waals surface area contributed by atoms with Crippen molar-refractivity contribution < 1.29 is 24.2 Å². The van der Waals surface area contributed by atoms with Crippen LogP contribution in [-0.2, 0) is 26.4 Å². The number of carbonyl (C=O) groups excluding carboxylic acids is 1. The predicted molar refractivity (Wildman–Crippen MR) is 96.6 cm³/mol.